The molecule has 0 fully saturated rings. The van der Waals surface area contributed by atoms with E-state index in [2.05, 4.69) is 18.2 Å². The lowest BCUT2D eigenvalue weighted by atomic mass is 10.0. The zero-order valence-corrected chi connectivity index (χ0v) is 21.0. The Bertz CT molecular complexity index is 1280. The Hall–Kier alpha value is -4.12. The van der Waals surface area contributed by atoms with Gasteiger partial charge >= 0.3 is 0 Å². The Kier molecular flexibility index (Phi) is 8.35. The molecule has 0 amide bonds. The quantitative estimate of drug-likeness (QED) is 0.254. The molecule has 0 aromatic heterocycles. The Morgan fingerprint density at radius 1 is 0.528 bits per heavy atom. The maximum atomic E-state index is 9.71. The zero-order valence-electron chi connectivity index (χ0n) is 21.0. The van der Waals surface area contributed by atoms with E-state index < -0.39 is 0 Å². The van der Waals surface area contributed by atoms with Crippen LogP contribution in [0.4, 0.5) is 0 Å². The van der Waals surface area contributed by atoms with E-state index >= 15 is 0 Å². The maximum absolute atomic E-state index is 9.71. The normalized spacial score (nSPS) is 10.6. The minimum Gasteiger partial charge on any atom is -0.508 e. The number of rotatable bonds is 11. The van der Waals surface area contributed by atoms with Gasteiger partial charge in [-0.1, -0.05) is 36.4 Å². The van der Waals surface area contributed by atoms with Crippen LogP contribution in [0.25, 0.3) is 0 Å². The van der Waals surface area contributed by atoms with Gasteiger partial charge in [0.05, 0.1) is 21.3 Å². The van der Waals surface area contributed by atoms with Crippen LogP contribution < -0.4 is 18.9 Å². The van der Waals surface area contributed by atoms with E-state index in [-0.39, 0.29) is 0 Å². The van der Waals surface area contributed by atoms with Crippen LogP contribution in [0.3, 0.4) is 0 Å². The zero-order chi connectivity index (χ0) is 25.3. The van der Waals surface area contributed by atoms with E-state index in [0.29, 0.717) is 17.2 Å². The van der Waals surface area contributed by atoms with Gasteiger partial charge in [-0.3, -0.25) is 0 Å². The van der Waals surface area contributed by atoms with Crippen LogP contribution >= 0.6 is 0 Å². The lowest BCUT2D eigenvalue weighted by molar-refractivity contribution is 0.366. The molecule has 0 aliphatic rings. The van der Waals surface area contributed by atoms with E-state index in [9.17, 15) is 5.11 Å². The van der Waals surface area contributed by atoms with Crippen molar-refractivity contribution in [1.82, 2.24) is 0 Å². The van der Waals surface area contributed by atoms with Gasteiger partial charge in [0.15, 0.2) is 11.5 Å². The minimum atomic E-state index is 0.291. The van der Waals surface area contributed by atoms with E-state index in [1.807, 2.05) is 54.6 Å². The summed E-state index contributed by atoms with van der Waals surface area (Å²) in [7, 11) is 4.97. The Balaban J connectivity index is 1.50. The fourth-order valence-corrected chi connectivity index (χ4v) is 4.17. The van der Waals surface area contributed by atoms with Gasteiger partial charge in [-0.2, -0.15) is 0 Å². The smallest absolute Gasteiger partial charge is 0.169 e. The predicted octanol–water partition coefficient (Wildman–Crippen LogP) is 6.78. The van der Waals surface area contributed by atoms with E-state index in [1.165, 1.54) is 5.56 Å². The first kappa shape index (κ1) is 25.0. The van der Waals surface area contributed by atoms with Gasteiger partial charge in [-0.05, 0) is 90.4 Å². The van der Waals surface area contributed by atoms with E-state index in [1.54, 1.807) is 33.5 Å². The highest BCUT2D eigenvalue weighted by molar-refractivity contribution is 5.52. The first-order chi connectivity index (χ1) is 17.6. The Morgan fingerprint density at radius 3 is 1.86 bits per heavy atom. The van der Waals surface area contributed by atoms with Crippen LogP contribution in [0.2, 0.25) is 0 Å². The molecule has 0 aliphatic carbocycles. The molecule has 0 spiro atoms. The molecule has 36 heavy (non-hydrogen) atoms. The number of hydrogen-bond donors (Lipinski definition) is 1. The number of methoxy groups -OCH3 is 3. The highest BCUT2D eigenvalue weighted by atomic mass is 16.5. The van der Waals surface area contributed by atoms with Gasteiger partial charge in [-0.15, -0.1) is 0 Å². The molecule has 1 N–H and O–H groups in total. The monoisotopic (exact) mass is 484 g/mol. The van der Waals surface area contributed by atoms with E-state index in [4.69, 9.17) is 18.9 Å². The number of hydrogen-bond acceptors (Lipinski definition) is 5. The summed E-state index contributed by atoms with van der Waals surface area (Å²) in [6, 6.07) is 27.4. The summed E-state index contributed by atoms with van der Waals surface area (Å²) in [5, 5.41) is 9.71. The van der Waals surface area contributed by atoms with Crippen molar-refractivity contribution >= 4 is 0 Å². The van der Waals surface area contributed by atoms with Crippen molar-refractivity contribution in [1.29, 1.82) is 0 Å². The summed E-state index contributed by atoms with van der Waals surface area (Å²) in [4.78, 5) is 0. The van der Waals surface area contributed by atoms with Crippen molar-refractivity contribution in [2.24, 2.45) is 0 Å². The van der Waals surface area contributed by atoms with Gasteiger partial charge in [0.25, 0.3) is 0 Å². The minimum absolute atomic E-state index is 0.291. The lowest BCUT2D eigenvalue weighted by Crippen LogP contribution is -1.99. The summed E-state index contributed by atoms with van der Waals surface area (Å²) >= 11 is 0. The molecule has 0 saturated heterocycles. The second kappa shape index (κ2) is 12.0. The molecule has 0 radical (unpaired) electrons. The lowest BCUT2D eigenvalue weighted by Gasteiger charge is -2.16. The molecule has 5 heteroatoms. The number of ether oxygens (including phenoxy) is 4. The summed E-state index contributed by atoms with van der Waals surface area (Å²) in [6.07, 6.45) is 3.32. The molecule has 186 valence electrons. The van der Waals surface area contributed by atoms with Crippen molar-refractivity contribution < 1.29 is 24.1 Å². The van der Waals surface area contributed by atoms with Gasteiger partial charge in [-0.25, -0.2) is 0 Å². The predicted molar refractivity (Wildman–Crippen MR) is 142 cm³/mol. The fraction of sp³-hybridized carbons (Fsp3) is 0.226. The third kappa shape index (κ3) is 6.51. The standard InChI is InChI=1S/C31H32O5/c1-33-27-16-13-22(14-17-27)12-15-25-20-31(30(35-3)21-29(25)34-2)36-28-9-5-7-24(19-28)11-10-23-6-4-8-26(32)18-23/h4-9,13-14,16-21,32H,10-12,15H2,1-3H3. The van der Waals surface area contributed by atoms with E-state index in [0.717, 1.165) is 59.6 Å². The van der Waals surface area contributed by atoms with Gasteiger partial charge in [0.1, 0.15) is 23.0 Å². The highest BCUT2D eigenvalue weighted by Crippen LogP contribution is 2.38. The molecule has 4 rings (SSSR count). The average Bonchev–Trinajstić information content (AvgIpc) is 2.91. The first-order valence-electron chi connectivity index (χ1n) is 12.0. The maximum Gasteiger partial charge on any atom is 0.169 e. The number of phenols is 1. The third-order valence-corrected chi connectivity index (χ3v) is 6.15. The van der Waals surface area contributed by atoms with Crippen molar-refractivity contribution in [2.75, 3.05) is 21.3 Å². The molecule has 5 nitrogen and oxygen atoms in total. The van der Waals surface area contributed by atoms with Crippen LogP contribution in [0.1, 0.15) is 22.3 Å². The van der Waals surface area contributed by atoms with Crippen molar-refractivity contribution in [3.63, 3.8) is 0 Å². The molecule has 0 aliphatic heterocycles. The highest BCUT2D eigenvalue weighted by Gasteiger charge is 2.14. The summed E-state index contributed by atoms with van der Waals surface area (Å²) in [5.74, 6) is 3.92. The topological polar surface area (TPSA) is 57.2 Å². The van der Waals surface area contributed by atoms with Crippen LogP contribution in [0.5, 0.6) is 34.5 Å². The summed E-state index contributed by atoms with van der Waals surface area (Å²) in [6.45, 7) is 0. The van der Waals surface area contributed by atoms with Crippen LogP contribution in [-0.2, 0) is 25.7 Å². The van der Waals surface area contributed by atoms with Crippen LogP contribution in [-0.4, -0.2) is 26.4 Å². The largest absolute Gasteiger partial charge is 0.508 e. The number of aryl methyl sites for hydroxylation is 4. The first-order valence-corrected chi connectivity index (χ1v) is 12.0. The average molecular weight is 485 g/mol. The molecular formula is C31H32O5. The number of benzene rings is 4. The Morgan fingerprint density at radius 2 is 1.19 bits per heavy atom. The molecule has 0 bridgehead atoms. The molecule has 0 saturated carbocycles. The SMILES string of the molecule is COc1ccc(CCc2cc(Oc3cccc(CCc4cccc(O)c4)c3)c(OC)cc2OC)cc1. The molecule has 4 aromatic carbocycles. The Labute approximate surface area is 212 Å². The molecule has 0 atom stereocenters. The second-order valence-corrected chi connectivity index (χ2v) is 8.58. The second-order valence-electron chi connectivity index (χ2n) is 8.58. The molecular weight excluding hydrogens is 452 g/mol. The molecule has 0 unspecified atom stereocenters. The van der Waals surface area contributed by atoms with Crippen molar-refractivity contribution in [2.45, 2.75) is 25.7 Å². The summed E-state index contributed by atoms with van der Waals surface area (Å²) < 4.78 is 22.8. The molecule has 0 heterocycles. The van der Waals surface area contributed by atoms with Gasteiger partial charge in [0, 0.05) is 6.07 Å². The van der Waals surface area contributed by atoms with Gasteiger partial charge in [0.2, 0.25) is 0 Å². The fourth-order valence-electron chi connectivity index (χ4n) is 4.17. The third-order valence-electron chi connectivity index (χ3n) is 6.15. The van der Waals surface area contributed by atoms with Crippen LogP contribution in [0.15, 0.2) is 84.9 Å². The van der Waals surface area contributed by atoms with Crippen molar-refractivity contribution in [3.05, 3.63) is 107 Å². The molecule has 4 aromatic rings. The summed E-state index contributed by atoms with van der Waals surface area (Å²) in [5.41, 5.74) is 4.52. The van der Waals surface area contributed by atoms with Gasteiger partial charge < -0.3 is 24.1 Å². The van der Waals surface area contributed by atoms with Crippen LogP contribution in [0, 0.1) is 0 Å². The number of aromatic hydroxyl groups is 1. The number of phenolic OH excluding ortho intramolecular Hbond substituents is 1. The van der Waals surface area contributed by atoms with Crippen molar-refractivity contribution in [3.8, 4) is 34.5 Å².